The molecule has 0 unspecified atom stereocenters. The van der Waals surface area contributed by atoms with Gasteiger partial charge in [0.2, 0.25) is 0 Å². The summed E-state index contributed by atoms with van der Waals surface area (Å²) in [6.07, 6.45) is 2.60. The molecule has 13 heavy (non-hydrogen) atoms. The van der Waals surface area contributed by atoms with Gasteiger partial charge in [-0.25, -0.2) is 0 Å². The van der Waals surface area contributed by atoms with Crippen LogP contribution in [-0.4, -0.2) is 12.0 Å². The average Bonchev–Trinajstić information content (AvgIpc) is 2.17. The SMILES string of the molecule is CCC(=O)c1ccc(I)c(SC)c1. The van der Waals surface area contributed by atoms with Crippen LogP contribution >= 0.6 is 34.4 Å². The highest BCUT2D eigenvalue weighted by molar-refractivity contribution is 14.1. The molecule has 0 N–H and O–H groups in total. The summed E-state index contributed by atoms with van der Waals surface area (Å²) >= 11 is 3.96. The van der Waals surface area contributed by atoms with E-state index < -0.39 is 0 Å². The van der Waals surface area contributed by atoms with Crippen LogP contribution in [0.2, 0.25) is 0 Å². The van der Waals surface area contributed by atoms with Gasteiger partial charge in [-0.1, -0.05) is 13.0 Å². The molecule has 1 aromatic carbocycles. The number of carbonyl (C=O) groups is 1. The highest BCUT2D eigenvalue weighted by Crippen LogP contribution is 2.23. The van der Waals surface area contributed by atoms with Gasteiger partial charge in [-0.3, -0.25) is 4.79 Å². The maximum absolute atomic E-state index is 11.4. The molecule has 1 aromatic rings. The molecule has 0 saturated carbocycles. The zero-order valence-corrected chi connectivity index (χ0v) is 10.6. The standard InChI is InChI=1S/C10H11IOS/c1-3-9(12)7-4-5-8(11)10(6-7)13-2/h4-6H,3H2,1-2H3. The lowest BCUT2D eigenvalue weighted by atomic mass is 10.1. The van der Waals surface area contributed by atoms with E-state index in [1.807, 2.05) is 31.4 Å². The molecule has 0 saturated heterocycles. The first-order valence-electron chi connectivity index (χ1n) is 4.05. The summed E-state index contributed by atoms with van der Waals surface area (Å²) in [6.45, 7) is 1.89. The lowest BCUT2D eigenvalue weighted by Crippen LogP contribution is -1.96. The number of thioether (sulfide) groups is 1. The summed E-state index contributed by atoms with van der Waals surface area (Å²) in [5, 5.41) is 0. The lowest BCUT2D eigenvalue weighted by Gasteiger charge is -2.03. The van der Waals surface area contributed by atoms with Crippen molar-refractivity contribution in [1.29, 1.82) is 0 Å². The van der Waals surface area contributed by atoms with Crippen LogP contribution in [-0.2, 0) is 0 Å². The number of ketones is 1. The van der Waals surface area contributed by atoms with E-state index in [1.54, 1.807) is 11.8 Å². The van der Waals surface area contributed by atoms with Crippen LogP contribution in [0.15, 0.2) is 23.1 Å². The number of carbonyl (C=O) groups excluding carboxylic acids is 1. The fourth-order valence-electron chi connectivity index (χ4n) is 1.04. The van der Waals surface area contributed by atoms with Gasteiger partial charge in [0.15, 0.2) is 5.78 Å². The topological polar surface area (TPSA) is 17.1 Å². The Balaban J connectivity index is 3.06. The molecule has 0 bridgehead atoms. The Labute approximate surface area is 96.4 Å². The number of hydrogen-bond acceptors (Lipinski definition) is 2. The second-order valence-electron chi connectivity index (χ2n) is 2.63. The van der Waals surface area contributed by atoms with Crippen LogP contribution in [0.5, 0.6) is 0 Å². The van der Waals surface area contributed by atoms with Crippen molar-refractivity contribution < 1.29 is 4.79 Å². The van der Waals surface area contributed by atoms with Crippen LogP contribution in [0.4, 0.5) is 0 Å². The molecule has 0 radical (unpaired) electrons. The average molecular weight is 306 g/mol. The second-order valence-corrected chi connectivity index (χ2v) is 4.64. The number of halogens is 1. The smallest absolute Gasteiger partial charge is 0.162 e. The Hall–Kier alpha value is -0.0300. The Kier molecular flexibility index (Phi) is 4.25. The third-order valence-electron chi connectivity index (χ3n) is 1.79. The molecule has 70 valence electrons. The fraction of sp³-hybridized carbons (Fsp3) is 0.300. The number of benzene rings is 1. The molecule has 1 nitrogen and oxygen atoms in total. The van der Waals surface area contributed by atoms with Crippen molar-refractivity contribution in [3.63, 3.8) is 0 Å². The first-order valence-corrected chi connectivity index (χ1v) is 6.36. The van der Waals surface area contributed by atoms with Crippen molar-refractivity contribution in [2.24, 2.45) is 0 Å². The highest BCUT2D eigenvalue weighted by atomic mass is 127. The van der Waals surface area contributed by atoms with E-state index in [2.05, 4.69) is 22.6 Å². The van der Waals surface area contributed by atoms with Crippen molar-refractivity contribution in [3.8, 4) is 0 Å². The highest BCUT2D eigenvalue weighted by Gasteiger charge is 2.05. The molecule has 0 aliphatic carbocycles. The zero-order chi connectivity index (χ0) is 9.84. The molecule has 0 aromatic heterocycles. The van der Waals surface area contributed by atoms with Gasteiger partial charge in [0, 0.05) is 20.4 Å². The largest absolute Gasteiger partial charge is 0.294 e. The van der Waals surface area contributed by atoms with E-state index in [-0.39, 0.29) is 5.78 Å². The summed E-state index contributed by atoms with van der Waals surface area (Å²) in [5.41, 5.74) is 0.826. The van der Waals surface area contributed by atoms with Crippen LogP contribution in [0.3, 0.4) is 0 Å². The van der Waals surface area contributed by atoms with Crippen molar-refractivity contribution in [3.05, 3.63) is 27.3 Å². The summed E-state index contributed by atoms with van der Waals surface area (Å²) in [7, 11) is 0. The Morgan fingerprint density at radius 3 is 2.77 bits per heavy atom. The minimum Gasteiger partial charge on any atom is -0.294 e. The van der Waals surface area contributed by atoms with Gasteiger partial charge in [0.1, 0.15) is 0 Å². The third-order valence-corrected chi connectivity index (χ3v) is 3.88. The minimum atomic E-state index is 0.215. The number of hydrogen-bond donors (Lipinski definition) is 0. The maximum Gasteiger partial charge on any atom is 0.162 e. The second kappa shape index (κ2) is 5.00. The van der Waals surface area contributed by atoms with E-state index in [0.717, 1.165) is 5.56 Å². The maximum atomic E-state index is 11.4. The predicted molar refractivity (Wildman–Crippen MR) is 65.6 cm³/mol. The van der Waals surface area contributed by atoms with Crippen LogP contribution in [0, 0.1) is 3.57 Å². The summed E-state index contributed by atoms with van der Waals surface area (Å²) in [4.78, 5) is 12.6. The van der Waals surface area contributed by atoms with Crippen molar-refractivity contribution in [2.45, 2.75) is 18.2 Å². The first-order chi connectivity index (χ1) is 6.19. The molecule has 0 fully saturated rings. The van der Waals surface area contributed by atoms with E-state index >= 15 is 0 Å². The zero-order valence-electron chi connectivity index (χ0n) is 7.63. The molecular weight excluding hydrogens is 295 g/mol. The Morgan fingerprint density at radius 2 is 2.23 bits per heavy atom. The minimum absolute atomic E-state index is 0.215. The monoisotopic (exact) mass is 306 g/mol. The molecule has 0 atom stereocenters. The van der Waals surface area contributed by atoms with Gasteiger partial charge in [0.05, 0.1) is 0 Å². The van der Waals surface area contributed by atoms with E-state index in [9.17, 15) is 4.79 Å². The van der Waals surface area contributed by atoms with E-state index in [0.29, 0.717) is 6.42 Å². The quantitative estimate of drug-likeness (QED) is 0.482. The van der Waals surface area contributed by atoms with Gasteiger partial charge < -0.3 is 0 Å². The van der Waals surface area contributed by atoms with Gasteiger partial charge in [-0.05, 0) is 41.0 Å². The molecule has 0 heterocycles. The molecule has 0 aliphatic rings. The fourth-order valence-corrected chi connectivity index (χ4v) is 2.54. The van der Waals surface area contributed by atoms with Gasteiger partial charge in [0.25, 0.3) is 0 Å². The molecule has 1 rings (SSSR count). The molecule has 0 amide bonds. The summed E-state index contributed by atoms with van der Waals surface area (Å²) < 4.78 is 1.21. The normalized spacial score (nSPS) is 10.1. The van der Waals surface area contributed by atoms with Crippen molar-refractivity contribution >= 4 is 40.1 Å². The molecule has 3 heteroatoms. The van der Waals surface area contributed by atoms with Gasteiger partial charge >= 0.3 is 0 Å². The summed E-state index contributed by atoms with van der Waals surface area (Å²) in [6, 6.07) is 5.86. The van der Waals surface area contributed by atoms with Gasteiger partial charge in [-0.15, -0.1) is 11.8 Å². The Morgan fingerprint density at radius 1 is 1.54 bits per heavy atom. The predicted octanol–water partition coefficient (Wildman–Crippen LogP) is 3.61. The van der Waals surface area contributed by atoms with Crippen molar-refractivity contribution in [1.82, 2.24) is 0 Å². The van der Waals surface area contributed by atoms with Crippen LogP contribution < -0.4 is 0 Å². The molecule has 0 aliphatic heterocycles. The van der Waals surface area contributed by atoms with E-state index in [4.69, 9.17) is 0 Å². The third kappa shape index (κ3) is 2.71. The number of rotatable bonds is 3. The number of Topliss-reactive ketones (excluding diaryl/α,β-unsaturated/α-hetero) is 1. The van der Waals surface area contributed by atoms with Crippen LogP contribution in [0.1, 0.15) is 23.7 Å². The summed E-state index contributed by atoms with van der Waals surface area (Å²) in [5.74, 6) is 0.215. The Bertz CT molecular complexity index is 323. The van der Waals surface area contributed by atoms with E-state index in [1.165, 1.54) is 8.47 Å². The lowest BCUT2D eigenvalue weighted by molar-refractivity contribution is 0.0988. The van der Waals surface area contributed by atoms with Gasteiger partial charge in [-0.2, -0.15) is 0 Å². The first kappa shape index (κ1) is 11.0. The molecule has 0 spiro atoms. The van der Waals surface area contributed by atoms with Crippen molar-refractivity contribution in [2.75, 3.05) is 6.26 Å². The van der Waals surface area contributed by atoms with Crippen LogP contribution in [0.25, 0.3) is 0 Å². The molecular formula is C10H11IOS.